The van der Waals surface area contributed by atoms with Crippen LogP contribution in [-0.4, -0.2) is 48.7 Å². The molecule has 0 saturated carbocycles. The van der Waals surface area contributed by atoms with E-state index >= 15 is 0 Å². The highest BCUT2D eigenvalue weighted by atomic mass is 19.4. The first-order valence-corrected chi connectivity index (χ1v) is 12.7. The van der Waals surface area contributed by atoms with Crippen molar-refractivity contribution in [1.82, 2.24) is 0 Å². The van der Waals surface area contributed by atoms with E-state index in [-0.39, 0.29) is 18.4 Å². The minimum absolute atomic E-state index is 0.0937. The van der Waals surface area contributed by atoms with Crippen molar-refractivity contribution in [3.63, 3.8) is 0 Å². The maximum atomic E-state index is 13.2. The third-order valence-corrected chi connectivity index (χ3v) is 6.16. The standard InChI is InChI=1S/C27H30N4O2.C2HF3O2/c28-19-22-18-23(14-15-25(22)30-16-8-3-9-17-30)29-26(32)20-31(24-12-6-2-7-13-24)27(33)21-10-4-1-5-11-21;3-2(4,5)1(6)7/h1-2,4-7,10-15,18H,3,8-9,16-17,19-20,28H2,(H,29,32);(H,6,7). The van der Waals surface area contributed by atoms with Gasteiger partial charge in [0, 0.05) is 42.3 Å². The van der Waals surface area contributed by atoms with E-state index in [2.05, 4.69) is 10.2 Å². The van der Waals surface area contributed by atoms with Gasteiger partial charge in [0.25, 0.3) is 5.91 Å². The van der Waals surface area contributed by atoms with Gasteiger partial charge in [0.2, 0.25) is 5.91 Å². The highest BCUT2D eigenvalue weighted by molar-refractivity contribution is 6.10. The monoisotopic (exact) mass is 556 g/mol. The second kappa shape index (κ2) is 14.1. The number of aliphatic carboxylic acids is 1. The Morgan fingerprint density at radius 3 is 2.02 bits per heavy atom. The van der Waals surface area contributed by atoms with Crippen molar-refractivity contribution in [1.29, 1.82) is 0 Å². The number of anilines is 3. The molecule has 0 atom stereocenters. The van der Waals surface area contributed by atoms with E-state index in [1.807, 2.05) is 66.7 Å². The number of carboxylic acid groups (broad SMARTS) is 1. The van der Waals surface area contributed by atoms with E-state index in [1.165, 1.54) is 24.2 Å². The van der Waals surface area contributed by atoms with Gasteiger partial charge in [-0.05, 0) is 67.3 Å². The second-order valence-electron chi connectivity index (χ2n) is 9.04. The fourth-order valence-corrected chi connectivity index (χ4v) is 4.24. The third kappa shape index (κ3) is 8.57. The SMILES string of the molecule is NCc1cc(NC(=O)CN(C(=O)c2ccccc2)c2ccccc2)ccc1N1CCCCC1.O=C(O)C(F)(F)F. The van der Waals surface area contributed by atoms with Crippen molar-refractivity contribution < 1.29 is 32.7 Å². The molecule has 11 heteroatoms. The van der Waals surface area contributed by atoms with Gasteiger partial charge in [-0.2, -0.15) is 13.2 Å². The van der Waals surface area contributed by atoms with Crippen LogP contribution in [0.4, 0.5) is 30.2 Å². The summed E-state index contributed by atoms with van der Waals surface area (Å²) < 4.78 is 31.7. The minimum Gasteiger partial charge on any atom is -0.475 e. The van der Waals surface area contributed by atoms with Crippen LogP contribution in [0.2, 0.25) is 0 Å². The van der Waals surface area contributed by atoms with Crippen molar-refractivity contribution >= 4 is 34.8 Å². The summed E-state index contributed by atoms with van der Waals surface area (Å²) in [6.45, 7) is 2.38. The lowest BCUT2D eigenvalue weighted by atomic mass is 10.1. The summed E-state index contributed by atoms with van der Waals surface area (Å²) >= 11 is 0. The van der Waals surface area contributed by atoms with Gasteiger partial charge in [0.15, 0.2) is 0 Å². The number of hydrogen-bond acceptors (Lipinski definition) is 5. The maximum Gasteiger partial charge on any atom is 0.490 e. The van der Waals surface area contributed by atoms with Crippen LogP contribution in [0.5, 0.6) is 0 Å². The summed E-state index contributed by atoms with van der Waals surface area (Å²) in [5.74, 6) is -3.25. The molecule has 1 heterocycles. The number of benzene rings is 3. The lowest BCUT2D eigenvalue weighted by molar-refractivity contribution is -0.192. The number of hydrogen-bond donors (Lipinski definition) is 3. The predicted molar refractivity (Wildman–Crippen MR) is 147 cm³/mol. The molecule has 1 fully saturated rings. The first-order valence-electron chi connectivity index (χ1n) is 12.7. The molecule has 0 bridgehead atoms. The number of carbonyl (C=O) groups is 3. The molecule has 1 saturated heterocycles. The number of carboxylic acids is 1. The topological polar surface area (TPSA) is 116 Å². The van der Waals surface area contributed by atoms with E-state index in [1.54, 1.807) is 12.1 Å². The van der Waals surface area contributed by atoms with Gasteiger partial charge in [0.1, 0.15) is 6.54 Å². The Bertz CT molecular complexity index is 1280. The predicted octanol–water partition coefficient (Wildman–Crippen LogP) is 5.05. The number of nitrogens with two attached hydrogens (primary N) is 1. The van der Waals surface area contributed by atoms with Gasteiger partial charge in [0.05, 0.1) is 0 Å². The molecule has 2 amide bonds. The van der Waals surface area contributed by atoms with Crippen molar-refractivity contribution in [2.24, 2.45) is 5.73 Å². The van der Waals surface area contributed by atoms with Gasteiger partial charge < -0.3 is 21.1 Å². The number of nitrogens with zero attached hydrogens (tertiary/aromatic N) is 2. The number of piperidine rings is 1. The summed E-state index contributed by atoms with van der Waals surface area (Å²) in [5.41, 5.74) is 10.1. The zero-order chi connectivity index (χ0) is 29.1. The van der Waals surface area contributed by atoms with Gasteiger partial charge in [-0.1, -0.05) is 36.4 Å². The lowest BCUT2D eigenvalue weighted by Gasteiger charge is -2.30. The van der Waals surface area contributed by atoms with Gasteiger partial charge in [-0.25, -0.2) is 4.79 Å². The first-order chi connectivity index (χ1) is 19.1. The molecule has 3 aromatic rings. The molecule has 8 nitrogen and oxygen atoms in total. The second-order valence-corrected chi connectivity index (χ2v) is 9.04. The van der Waals surface area contributed by atoms with E-state index < -0.39 is 12.1 Å². The zero-order valence-electron chi connectivity index (χ0n) is 21.7. The van der Waals surface area contributed by atoms with Crippen LogP contribution in [0.1, 0.15) is 35.2 Å². The minimum atomic E-state index is -5.08. The summed E-state index contributed by atoms with van der Waals surface area (Å²) in [4.78, 5) is 38.9. The van der Waals surface area contributed by atoms with Crippen molar-refractivity contribution in [3.05, 3.63) is 90.0 Å². The quantitative estimate of drug-likeness (QED) is 0.375. The molecule has 0 aliphatic carbocycles. The van der Waals surface area contributed by atoms with Gasteiger partial charge >= 0.3 is 12.1 Å². The summed E-state index contributed by atoms with van der Waals surface area (Å²) in [6, 6.07) is 24.1. The molecule has 212 valence electrons. The maximum absolute atomic E-state index is 13.2. The van der Waals surface area contributed by atoms with Gasteiger partial charge in [-0.3, -0.25) is 14.5 Å². The number of amides is 2. The molecule has 40 heavy (non-hydrogen) atoms. The fourth-order valence-electron chi connectivity index (χ4n) is 4.24. The first kappa shape index (κ1) is 30.2. The Morgan fingerprint density at radius 1 is 0.900 bits per heavy atom. The number of carbonyl (C=O) groups excluding carboxylic acids is 2. The van der Waals surface area contributed by atoms with Crippen LogP contribution < -0.4 is 20.9 Å². The Hall–Kier alpha value is -4.38. The fraction of sp³-hybridized carbons (Fsp3) is 0.276. The number of alkyl halides is 3. The normalized spacial score (nSPS) is 13.1. The molecular formula is C29H31F3N4O4. The van der Waals surface area contributed by atoms with Crippen LogP contribution in [0, 0.1) is 0 Å². The van der Waals surface area contributed by atoms with Crippen molar-refractivity contribution in [3.8, 4) is 0 Å². The molecule has 1 aliphatic heterocycles. The molecule has 0 unspecified atom stereocenters. The zero-order valence-corrected chi connectivity index (χ0v) is 21.7. The molecule has 0 radical (unpaired) electrons. The van der Waals surface area contributed by atoms with Crippen LogP contribution in [0.15, 0.2) is 78.9 Å². The largest absolute Gasteiger partial charge is 0.490 e. The van der Waals surface area contributed by atoms with E-state index in [0.29, 0.717) is 23.5 Å². The summed E-state index contributed by atoms with van der Waals surface area (Å²) in [7, 11) is 0. The number of nitrogens with one attached hydrogen (secondary N) is 1. The number of halogens is 3. The Morgan fingerprint density at radius 2 is 1.48 bits per heavy atom. The third-order valence-electron chi connectivity index (χ3n) is 6.16. The Labute approximate surface area is 230 Å². The van der Waals surface area contributed by atoms with E-state index in [4.69, 9.17) is 15.6 Å². The molecule has 0 aromatic heterocycles. The number of rotatable bonds is 7. The highest BCUT2D eigenvalue weighted by Crippen LogP contribution is 2.27. The van der Waals surface area contributed by atoms with Crippen molar-refractivity contribution in [2.75, 3.05) is 34.8 Å². The van der Waals surface area contributed by atoms with Crippen LogP contribution >= 0.6 is 0 Å². The molecule has 4 N–H and O–H groups in total. The molecular weight excluding hydrogens is 525 g/mol. The Balaban J connectivity index is 0.000000559. The number of para-hydroxylation sites is 1. The average Bonchev–Trinajstić information content (AvgIpc) is 2.96. The van der Waals surface area contributed by atoms with Gasteiger partial charge in [-0.15, -0.1) is 0 Å². The molecule has 1 aliphatic rings. The van der Waals surface area contributed by atoms with Crippen molar-refractivity contribution in [2.45, 2.75) is 32.0 Å². The molecule has 4 rings (SSSR count). The smallest absolute Gasteiger partial charge is 0.475 e. The lowest BCUT2D eigenvalue weighted by Crippen LogP contribution is -2.38. The molecule has 3 aromatic carbocycles. The summed E-state index contributed by atoms with van der Waals surface area (Å²) in [6.07, 6.45) is -1.44. The highest BCUT2D eigenvalue weighted by Gasteiger charge is 2.38. The Kier molecular flexibility index (Phi) is 10.7. The van der Waals surface area contributed by atoms with E-state index in [9.17, 15) is 22.8 Å². The van der Waals surface area contributed by atoms with Crippen LogP contribution in [0.25, 0.3) is 0 Å². The van der Waals surface area contributed by atoms with Crippen LogP contribution in [-0.2, 0) is 16.1 Å². The van der Waals surface area contributed by atoms with Crippen LogP contribution in [0.3, 0.4) is 0 Å². The van der Waals surface area contributed by atoms with E-state index in [0.717, 1.165) is 24.3 Å². The average molecular weight is 557 g/mol. The molecule has 0 spiro atoms. The summed E-state index contributed by atoms with van der Waals surface area (Å²) in [5, 5.41) is 10.1.